The summed E-state index contributed by atoms with van der Waals surface area (Å²) in [6.45, 7) is 3.77. The normalized spacial score (nSPS) is 12.2. The molecule has 0 radical (unpaired) electrons. The number of esters is 1. The van der Waals surface area contributed by atoms with Gasteiger partial charge in [0.1, 0.15) is 6.10 Å². The smallest absolute Gasteiger partial charge is 0.309 e. The van der Waals surface area contributed by atoms with Crippen LogP contribution in [0.2, 0.25) is 0 Å². The quantitative estimate of drug-likeness (QED) is 0.741. The number of allylic oxidation sites excluding steroid dienone is 1. The molecule has 0 N–H and O–H groups in total. The van der Waals surface area contributed by atoms with Gasteiger partial charge in [-0.25, -0.2) is 0 Å². The van der Waals surface area contributed by atoms with Gasteiger partial charge in [-0.1, -0.05) is 18.2 Å². The molecule has 104 valence electrons. The standard InChI is InChI=1S/C15H20O4/c1-5-6-12-7-8-13(14(10-12)17-3)19-11(2)9-15(16)18-4/h5-8,10-11H,9H2,1-4H3/b6-5+. The summed E-state index contributed by atoms with van der Waals surface area (Å²) < 4.78 is 15.6. The first-order valence-corrected chi connectivity index (χ1v) is 6.15. The Morgan fingerprint density at radius 1 is 1.32 bits per heavy atom. The largest absolute Gasteiger partial charge is 0.493 e. The third-order valence-corrected chi connectivity index (χ3v) is 2.56. The highest BCUT2D eigenvalue weighted by atomic mass is 16.5. The summed E-state index contributed by atoms with van der Waals surface area (Å²) in [6, 6.07) is 5.66. The van der Waals surface area contributed by atoms with Gasteiger partial charge in [0, 0.05) is 0 Å². The summed E-state index contributed by atoms with van der Waals surface area (Å²) in [5.74, 6) is 0.969. The van der Waals surface area contributed by atoms with Crippen LogP contribution in [0, 0.1) is 0 Å². The van der Waals surface area contributed by atoms with Gasteiger partial charge in [-0.15, -0.1) is 0 Å². The summed E-state index contributed by atoms with van der Waals surface area (Å²) in [4.78, 5) is 11.2. The molecular formula is C15H20O4. The van der Waals surface area contributed by atoms with Crippen LogP contribution in [-0.4, -0.2) is 26.3 Å². The van der Waals surface area contributed by atoms with E-state index in [1.165, 1.54) is 7.11 Å². The van der Waals surface area contributed by atoms with Gasteiger partial charge in [0.15, 0.2) is 11.5 Å². The van der Waals surface area contributed by atoms with Crippen molar-refractivity contribution in [2.75, 3.05) is 14.2 Å². The molecule has 0 aliphatic heterocycles. The molecule has 1 rings (SSSR count). The molecule has 0 spiro atoms. The number of carbonyl (C=O) groups is 1. The fraction of sp³-hybridized carbons (Fsp3) is 0.400. The van der Waals surface area contributed by atoms with Crippen LogP contribution in [0.25, 0.3) is 6.08 Å². The van der Waals surface area contributed by atoms with Crippen molar-refractivity contribution in [1.82, 2.24) is 0 Å². The van der Waals surface area contributed by atoms with Gasteiger partial charge >= 0.3 is 5.97 Å². The minimum Gasteiger partial charge on any atom is -0.493 e. The third kappa shape index (κ3) is 4.66. The second-order valence-electron chi connectivity index (χ2n) is 4.12. The zero-order valence-electron chi connectivity index (χ0n) is 11.8. The van der Waals surface area contributed by atoms with E-state index in [1.54, 1.807) is 7.11 Å². The summed E-state index contributed by atoms with van der Waals surface area (Å²) in [6.07, 6.45) is 3.87. The van der Waals surface area contributed by atoms with E-state index in [1.807, 2.05) is 44.2 Å². The Hall–Kier alpha value is -1.97. The number of hydrogen-bond donors (Lipinski definition) is 0. The van der Waals surface area contributed by atoms with Crippen LogP contribution < -0.4 is 9.47 Å². The number of rotatable bonds is 6. The SMILES string of the molecule is C/C=C/c1ccc(OC(C)CC(=O)OC)c(OC)c1. The lowest BCUT2D eigenvalue weighted by Gasteiger charge is -2.16. The van der Waals surface area contributed by atoms with Gasteiger partial charge in [-0.2, -0.15) is 0 Å². The molecule has 1 aromatic carbocycles. The molecule has 19 heavy (non-hydrogen) atoms. The Labute approximate surface area is 114 Å². The molecule has 0 saturated carbocycles. The Bertz CT molecular complexity index is 451. The lowest BCUT2D eigenvalue weighted by atomic mass is 10.2. The van der Waals surface area contributed by atoms with Crippen molar-refractivity contribution in [3.05, 3.63) is 29.8 Å². The number of benzene rings is 1. The summed E-state index contributed by atoms with van der Waals surface area (Å²) in [5.41, 5.74) is 1.03. The highest BCUT2D eigenvalue weighted by Crippen LogP contribution is 2.29. The molecular weight excluding hydrogens is 244 g/mol. The fourth-order valence-corrected chi connectivity index (χ4v) is 1.65. The zero-order chi connectivity index (χ0) is 14.3. The minimum atomic E-state index is -0.294. The first kappa shape index (κ1) is 15.1. The highest BCUT2D eigenvalue weighted by Gasteiger charge is 2.13. The van der Waals surface area contributed by atoms with Crippen LogP contribution in [-0.2, 0) is 9.53 Å². The summed E-state index contributed by atoms with van der Waals surface area (Å²) >= 11 is 0. The Balaban J connectivity index is 2.80. The molecule has 1 unspecified atom stereocenters. The van der Waals surface area contributed by atoms with Crippen molar-refractivity contribution in [2.45, 2.75) is 26.4 Å². The molecule has 0 aromatic heterocycles. The van der Waals surface area contributed by atoms with Crippen molar-refractivity contribution in [3.63, 3.8) is 0 Å². The first-order valence-electron chi connectivity index (χ1n) is 6.15. The van der Waals surface area contributed by atoms with Crippen molar-refractivity contribution < 1.29 is 19.0 Å². The Kier molecular flexibility index (Phi) is 5.93. The minimum absolute atomic E-state index is 0.205. The van der Waals surface area contributed by atoms with E-state index in [4.69, 9.17) is 9.47 Å². The van der Waals surface area contributed by atoms with E-state index in [9.17, 15) is 4.79 Å². The predicted molar refractivity (Wildman–Crippen MR) is 74.4 cm³/mol. The maximum Gasteiger partial charge on any atom is 0.309 e. The van der Waals surface area contributed by atoms with Gasteiger partial charge in [0.05, 0.1) is 20.6 Å². The molecule has 0 bridgehead atoms. The maximum atomic E-state index is 11.2. The molecule has 0 amide bonds. The number of ether oxygens (including phenoxy) is 3. The number of carbonyl (C=O) groups excluding carboxylic acids is 1. The van der Waals surface area contributed by atoms with Crippen LogP contribution >= 0.6 is 0 Å². The second-order valence-corrected chi connectivity index (χ2v) is 4.12. The van der Waals surface area contributed by atoms with Crippen LogP contribution in [0.3, 0.4) is 0 Å². The molecule has 0 aliphatic rings. The second kappa shape index (κ2) is 7.46. The molecule has 4 heteroatoms. The van der Waals surface area contributed by atoms with E-state index in [-0.39, 0.29) is 18.5 Å². The fourth-order valence-electron chi connectivity index (χ4n) is 1.65. The highest BCUT2D eigenvalue weighted by molar-refractivity contribution is 5.69. The van der Waals surface area contributed by atoms with Crippen LogP contribution in [0.4, 0.5) is 0 Å². The van der Waals surface area contributed by atoms with Gasteiger partial charge in [0.2, 0.25) is 0 Å². The molecule has 0 aliphatic carbocycles. The van der Waals surface area contributed by atoms with E-state index < -0.39 is 0 Å². The van der Waals surface area contributed by atoms with Crippen molar-refractivity contribution in [3.8, 4) is 11.5 Å². The Morgan fingerprint density at radius 3 is 2.63 bits per heavy atom. The number of hydrogen-bond acceptors (Lipinski definition) is 4. The molecule has 1 aromatic rings. The molecule has 1 atom stereocenters. The van der Waals surface area contributed by atoms with Crippen molar-refractivity contribution in [1.29, 1.82) is 0 Å². The lowest BCUT2D eigenvalue weighted by molar-refractivity contribution is -0.142. The van der Waals surface area contributed by atoms with E-state index in [2.05, 4.69) is 4.74 Å². The topological polar surface area (TPSA) is 44.8 Å². The van der Waals surface area contributed by atoms with E-state index in [0.29, 0.717) is 11.5 Å². The summed E-state index contributed by atoms with van der Waals surface area (Å²) in [7, 11) is 2.95. The number of methoxy groups -OCH3 is 2. The van der Waals surface area contributed by atoms with Crippen molar-refractivity contribution >= 4 is 12.0 Å². The first-order chi connectivity index (χ1) is 9.10. The zero-order valence-corrected chi connectivity index (χ0v) is 11.8. The summed E-state index contributed by atoms with van der Waals surface area (Å²) in [5, 5.41) is 0. The van der Waals surface area contributed by atoms with E-state index in [0.717, 1.165) is 5.56 Å². The van der Waals surface area contributed by atoms with Crippen molar-refractivity contribution in [2.24, 2.45) is 0 Å². The molecule has 0 fully saturated rings. The van der Waals surface area contributed by atoms with Gasteiger partial charge in [-0.05, 0) is 31.5 Å². The van der Waals surface area contributed by atoms with Crippen LogP contribution in [0.1, 0.15) is 25.8 Å². The molecule has 0 heterocycles. The average Bonchev–Trinajstić information content (AvgIpc) is 2.40. The molecule has 4 nitrogen and oxygen atoms in total. The lowest BCUT2D eigenvalue weighted by Crippen LogP contribution is -2.18. The average molecular weight is 264 g/mol. The third-order valence-electron chi connectivity index (χ3n) is 2.56. The van der Waals surface area contributed by atoms with Crippen LogP contribution in [0.15, 0.2) is 24.3 Å². The predicted octanol–water partition coefficient (Wildman–Crippen LogP) is 3.06. The maximum absolute atomic E-state index is 11.2. The molecule has 0 saturated heterocycles. The van der Waals surface area contributed by atoms with Gasteiger partial charge in [0.25, 0.3) is 0 Å². The van der Waals surface area contributed by atoms with Crippen LogP contribution in [0.5, 0.6) is 11.5 Å². The monoisotopic (exact) mass is 264 g/mol. The van der Waals surface area contributed by atoms with Gasteiger partial charge < -0.3 is 14.2 Å². The van der Waals surface area contributed by atoms with Gasteiger partial charge in [-0.3, -0.25) is 4.79 Å². The van der Waals surface area contributed by atoms with E-state index >= 15 is 0 Å². The Morgan fingerprint density at radius 2 is 2.05 bits per heavy atom.